The summed E-state index contributed by atoms with van der Waals surface area (Å²) in [6.45, 7) is 2.03. The first-order valence-electron chi connectivity index (χ1n) is 6.43. The van der Waals surface area contributed by atoms with E-state index in [9.17, 15) is 0 Å². The molecule has 1 aromatic carbocycles. The molecule has 0 saturated heterocycles. The van der Waals surface area contributed by atoms with Crippen molar-refractivity contribution in [2.45, 2.75) is 19.8 Å². The van der Waals surface area contributed by atoms with Crippen molar-refractivity contribution in [1.82, 2.24) is 9.55 Å². The Morgan fingerprint density at radius 2 is 1.79 bits per heavy atom. The highest BCUT2D eigenvalue weighted by Gasteiger charge is 2.09. The summed E-state index contributed by atoms with van der Waals surface area (Å²) in [5.41, 5.74) is 3.72. The molecule has 3 nitrogen and oxygen atoms in total. The van der Waals surface area contributed by atoms with Gasteiger partial charge in [-0.15, -0.1) is 0 Å². The number of hydrogen-bond acceptors (Lipinski definition) is 2. The fourth-order valence-corrected chi connectivity index (χ4v) is 2.58. The van der Waals surface area contributed by atoms with Crippen LogP contribution in [0.4, 0.5) is 5.69 Å². The second-order valence-corrected chi connectivity index (χ2v) is 5.77. The van der Waals surface area contributed by atoms with Crippen LogP contribution >= 0.6 is 15.9 Å². The molecule has 0 saturated carbocycles. The first kappa shape index (κ1) is 14.1. The molecule has 0 bridgehead atoms. The molecular weight excluding hydrogens is 302 g/mol. The SMILES string of the molecule is Cc1nc(CCc2ccc(N(C)C)cc2)c(Br)n1C. The van der Waals surface area contributed by atoms with Crippen LogP contribution in [0.1, 0.15) is 17.1 Å². The van der Waals surface area contributed by atoms with Gasteiger partial charge >= 0.3 is 0 Å². The minimum Gasteiger partial charge on any atom is -0.378 e. The smallest absolute Gasteiger partial charge is 0.108 e. The summed E-state index contributed by atoms with van der Waals surface area (Å²) in [5.74, 6) is 1.05. The van der Waals surface area contributed by atoms with Gasteiger partial charge in [0.15, 0.2) is 0 Å². The van der Waals surface area contributed by atoms with Gasteiger partial charge in [0.2, 0.25) is 0 Å². The zero-order chi connectivity index (χ0) is 14.0. The number of benzene rings is 1. The third kappa shape index (κ3) is 3.18. The quantitative estimate of drug-likeness (QED) is 0.861. The summed E-state index contributed by atoms with van der Waals surface area (Å²) in [6.07, 6.45) is 1.98. The van der Waals surface area contributed by atoms with Crippen molar-refractivity contribution in [3.05, 3.63) is 46.0 Å². The van der Waals surface area contributed by atoms with Gasteiger partial charge < -0.3 is 9.47 Å². The first-order chi connectivity index (χ1) is 8.99. The molecule has 0 fully saturated rings. The Morgan fingerprint density at radius 1 is 1.16 bits per heavy atom. The third-order valence-corrected chi connectivity index (χ3v) is 4.41. The van der Waals surface area contributed by atoms with Crippen LogP contribution in [0.3, 0.4) is 0 Å². The van der Waals surface area contributed by atoms with Crippen LogP contribution in [-0.2, 0) is 19.9 Å². The average molecular weight is 322 g/mol. The lowest BCUT2D eigenvalue weighted by Gasteiger charge is -2.12. The molecule has 0 amide bonds. The molecule has 19 heavy (non-hydrogen) atoms. The van der Waals surface area contributed by atoms with Crippen molar-refractivity contribution in [1.29, 1.82) is 0 Å². The standard InChI is InChI=1S/C15H20BrN3/c1-11-17-14(15(16)19(11)4)10-7-12-5-8-13(9-6-12)18(2)3/h5-6,8-9H,7,10H2,1-4H3. The molecule has 0 N–H and O–H groups in total. The zero-order valence-electron chi connectivity index (χ0n) is 11.9. The zero-order valence-corrected chi connectivity index (χ0v) is 13.5. The van der Waals surface area contributed by atoms with E-state index in [0.717, 1.165) is 29.0 Å². The highest BCUT2D eigenvalue weighted by atomic mass is 79.9. The van der Waals surface area contributed by atoms with Crippen LogP contribution in [0.2, 0.25) is 0 Å². The van der Waals surface area contributed by atoms with E-state index in [1.54, 1.807) is 0 Å². The minimum absolute atomic E-state index is 0.962. The number of aromatic nitrogens is 2. The Morgan fingerprint density at radius 3 is 2.26 bits per heavy atom. The van der Waals surface area contributed by atoms with Crippen molar-refractivity contribution in [2.24, 2.45) is 7.05 Å². The summed E-state index contributed by atoms with van der Waals surface area (Å²) in [6, 6.07) is 8.71. The van der Waals surface area contributed by atoms with E-state index >= 15 is 0 Å². The lowest BCUT2D eigenvalue weighted by Crippen LogP contribution is -2.08. The van der Waals surface area contributed by atoms with Crippen LogP contribution in [0.5, 0.6) is 0 Å². The van der Waals surface area contributed by atoms with Crippen molar-refractivity contribution < 1.29 is 0 Å². The Kier molecular flexibility index (Phi) is 4.30. The van der Waals surface area contributed by atoms with Gasteiger partial charge in [0, 0.05) is 26.8 Å². The van der Waals surface area contributed by atoms with Gasteiger partial charge in [-0.1, -0.05) is 12.1 Å². The van der Waals surface area contributed by atoms with Gasteiger partial charge in [0.05, 0.1) is 5.69 Å². The maximum absolute atomic E-state index is 4.58. The Bertz CT molecular complexity index is 556. The Hall–Kier alpha value is -1.29. The number of aryl methyl sites for hydroxylation is 3. The molecule has 0 radical (unpaired) electrons. The lowest BCUT2D eigenvalue weighted by molar-refractivity contribution is 0.838. The molecule has 0 unspecified atom stereocenters. The van der Waals surface area contributed by atoms with Crippen LogP contribution in [0.15, 0.2) is 28.9 Å². The van der Waals surface area contributed by atoms with Crippen molar-refractivity contribution in [2.75, 3.05) is 19.0 Å². The molecule has 2 rings (SSSR count). The summed E-state index contributed by atoms with van der Waals surface area (Å²) in [7, 11) is 6.15. The third-order valence-electron chi connectivity index (χ3n) is 3.42. The summed E-state index contributed by atoms with van der Waals surface area (Å²) < 4.78 is 3.17. The topological polar surface area (TPSA) is 21.1 Å². The second-order valence-electron chi connectivity index (χ2n) is 5.02. The molecule has 0 atom stereocenters. The largest absolute Gasteiger partial charge is 0.378 e. The number of nitrogens with zero attached hydrogens (tertiary/aromatic N) is 3. The summed E-state index contributed by atoms with van der Waals surface area (Å²) in [4.78, 5) is 6.69. The summed E-state index contributed by atoms with van der Waals surface area (Å²) in [5, 5.41) is 0. The van der Waals surface area contributed by atoms with Gasteiger partial charge in [-0.05, 0) is 53.4 Å². The number of anilines is 1. The van der Waals surface area contributed by atoms with Gasteiger partial charge in [0.1, 0.15) is 10.4 Å². The van der Waals surface area contributed by atoms with Crippen molar-refractivity contribution in [3.63, 3.8) is 0 Å². The van der Waals surface area contributed by atoms with E-state index in [0.29, 0.717) is 0 Å². The maximum Gasteiger partial charge on any atom is 0.108 e. The van der Waals surface area contributed by atoms with Crippen molar-refractivity contribution >= 4 is 21.6 Å². The summed E-state index contributed by atoms with van der Waals surface area (Å²) >= 11 is 3.60. The number of imidazole rings is 1. The van der Waals surface area contributed by atoms with Crippen LogP contribution in [-0.4, -0.2) is 23.6 Å². The van der Waals surface area contributed by atoms with Gasteiger partial charge in [-0.2, -0.15) is 0 Å². The van der Waals surface area contributed by atoms with Crippen molar-refractivity contribution in [3.8, 4) is 0 Å². The number of hydrogen-bond donors (Lipinski definition) is 0. The number of halogens is 1. The van der Waals surface area contributed by atoms with E-state index in [2.05, 4.69) is 68.7 Å². The molecular formula is C15H20BrN3. The van der Waals surface area contributed by atoms with E-state index < -0.39 is 0 Å². The molecule has 1 heterocycles. The van der Waals surface area contributed by atoms with E-state index in [1.807, 2.05) is 14.0 Å². The minimum atomic E-state index is 0.962. The average Bonchev–Trinajstić information content (AvgIpc) is 2.64. The molecule has 0 aliphatic heterocycles. The predicted molar refractivity (Wildman–Crippen MR) is 83.8 cm³/mol. The second kappa shape index (κ2) is 5.78. The van der Waals surface area contributed by atoms with Gasteiger partial charge in [0.25, 0.3) is 0 Å². The molecule has 2 aromatic rings. The van der Waals surface area contributed by atoms with Gasteiger partial charge in [-0.25, -0.2) is 4.98 Å². The fraction of sp³-hybridized carbons (Fsp3) is 0.400. The highest BCUT2D eigenvalue weighted by Crippen LogP contribution is 2.19. The van der Waals surface area contributed by atoms with E-state index in [4.69, 9.17) is 0 Å². The molecule has 0 aliphatic rings. The Labute approximate surface area is 123 Å². The monoisotopic (exact) mass is 321 g/mol. The number of rotatable bonds is 4. The molecule has 0 spiro atoms. The first-order valence-corrected chi connectivity index (χ1v) is 7.22. The van der Waals surface area contributed by atoms with Gasteiger partial charge in [-0.3, -0.25) is 0 Å². The molecule has 102 valence electrons. The van der Waals surface area contributed by atoms with Crippen LogP contribution < -0.4 is 4.90 Å². The normalized spacial score (nSPS) is 10.8. The fourth-order valence-electron chi connectivity index (χ4n) is 2.03. The lowest BCUT2D eigenvalue weighted by atomic mass is 10.1. The van der Waals surface area contributed by atoms with E-state index in [-0.39, 0.29) is 0 Å². The molecule has 1 aromatic heterocycles. The Balaban J connectivity index is 2.04. The molecule has 0 aliphatic carbocycles. The van der Waals surface area contributed by atoms with Crippen LogP contribution in [0.25, 0.3) is 0 Å². The van der Waals surface area contributed by atoms with E-state index in [1.165, 1.54) is 11.3 Å². The van der Waals surface area contributed by atoms with Crippen LogP contribution in [0, 0.1) is 6.92 Å². The highest BCUT2D eigenvalue weighted by molar-refractivity contribution is 9.10. The maximum atomic E-state index is 4.58. The molecule has 4 heteroatoms. The predicted octanol–water partition coefficient (Wildman–Crippen LogP) is 3.34.